The number of nitrogens with two attached hydrogens (primary N) is 2. The van der Waals surface area contributed by atoms with Gasteiger partial charge in [0.25, 0.3) is 0 Å². The lowest BCUT2D eigenvalue weighted by atomic mass is 10.0. The number of carbonyl (C=O) groups is 1. The van der Waals surface area contributed by atoms with Crippen LogP contribution in [0.1, 0.15) is 84.0 Å². The van der Waals surface area contributed by atoms with Crippen molar-refractivity contribution in [2.24, 2.45) is 11.5 Å². The van der Waals surface area contributed by atoms with Crippen LogP contribution in [-0.4, -0.2) is 11.9 Å². The van der Waals surface area contributed by atoms with Crippen molar-refractivity contribution >= 4 is 5.91 Å². The summed E-state index contributed by atoms with van der Waals surface area (Å²) < 4.78 is 0. The Morgan fingerprint density at radius 1 is 0.833 bits per heavy atom. The zero-order valence-electron chi connectivity index (χ0n) is 12.1. The zero-order valence-corrected chi connectivity index (χ0v) is 12.1. The average molecular weight is 256 g/mol. The summed E-state index contributed by atoms with van der Waals surface area (Å²) in [6.07, 6.45) is 15.2. The minimum absolute atomic E-state index is 0.373. The maximum atomic E-state index is 10.7. The van der Waals surface area contributed by atoms with Gasteiger partial charge in [-0.2, -0.15) is 0 Å². The van der Waals surface area contributed by atoms with Gasteiger partial charge in [-0.1, -0.05) is 77.6 Å². The van der Waals surface area contributed by atoms with Gasteiger partial charge in [0.15, 0.2) is 0 Å². The molecule has 0 aromatic heterocycles. The van der Waals surface area contributed by atoms with Crippen molar-refractivity contribution in [3.8, 4) is 0 Å². The molecule has 1 amide bonds. The number of unbranched alkanes of at least 4 members (excludes halogenated alkanes) is 10. The number of hydrogen-bond acceptors (Lipinski definition) is 2. The van der Waals surface area contributed by atoms with E-state index in [1.54, 1.807) is 0 Å². The lowest BCUT2D eigenvalue weighted by Crippen LogP contribution is -2.36. The maximum absolute atomic E-state index is 10.7. The van der Waals surface area contributed by atoms with Crippen molar-refractivity contribution in [3.63, 3.8) is 0 Å². The molecule has 0 aromatic rings. The summed E-state index contributed by atoms with van der Waals surface area (Å²) in [5.74, 6) is -0.373. The fourth-order valence-electron chi connectivity index (χ4n) is 2.17. The van der Waals surface area contributed by atoms with Crippen LogP contribution in [0.5, 0.6) is 0 Å². The highest BCUT2D eigenvalue weighted by Gasteiger charge is 2.07. The third-order valence-electron chi connectivity index (χ3n) is 3.48. The Hall–Kier alpha value is -0.570. The van der Waals surface area contributed by atoms with E-state index in [1.807, 2.05) is 0 Å². The SMILES string of the molecule is CCCCCCCCCCCCCC(N)C(N)=O. The van der Waals surface area contributed by atoms with Gasteiger partial charge in [0.2, 0.25) is 5.91 Å². The second-order valence-corrected chi connectivity index (χ2v) is 5.33. The average Bonchev–Trinajstić information content (AvgIpc) is 2.35. The lowest BCUT2D eigenvalue weighted by molar-refractivity contribution is -0.119. The van der Waals surface area contributed by atoms with Crippen molar-refractivity contribution in [2.45, 2.75) is 90.0 Å². The van der Waals surface area contributed by atoms with Gasteiger partial charge in [-0.05, 0) is 6.42 Å². The minimum atomic E-state index is -0.441. The fraction of sp³-hybridized carbons (Fsp3) is 0.933. The van der Waals surface area contributed by atoms with Gasteiger partial charge in [0, 0.05) is 0 Å². The molecular formula is C15H32N2O. The molecule has 0 spiro atoms. The first-order valence-electron chi connectivity index (χ1n) is 7.73. The highest BCUT2D eigenvalue weighted by molar-refractivity contribution is 5.79. The molecule has 0 saturated carbocycles. The second-order valence-electron chi connectivity index (χ2n) is 5.33. The molecule has 3 nitrogen and oxygen atoms in total. The molecule has 1 unspecified atom stereocenters. The Labute approximate surface area is 113 Å². The zero-order chi connectivity index (χ0) is 13.6. The molecule has 0 fully saturated rings. The van der Waals surface area contributed by atoms with Gasteiger partial charge in [0.05, 0.1) is 6.04 Å². The number of amides is 1. The van der Waals surface area contributed by atoms with E-state index in [-0.39, 0.29) is 5.91 Å². The molecule has 0 bridgehead atoms. The van der Waals surface area contributed by atoms with Crippen LogP contribution in [0.2, 0.25) is 0 Å². The monoisotopic (exact) mass is 256 g/mol. The van der Waals surface area contributed by atoms with E-state index < -0.39 is 6.04 Å². The summed E-state index contributed by atoms with van der Waals surface area (Å²) in [4.78, 5) is 10.7. The molecule has 0 radical (unpaired) electrons. The van der Waals surface area contributed by atoms with Crippen LogP contribution in [0, 0.1) is 0 Å². The molecule has 0 rings (SSSR count). The van der Waals surface area contributed by atoms with Crippen LogP contribution in [0.3, 0.4) is 0 Å². The summed E-state index contributed by atoms with van der Waals surface area (Å²) in [5, 5.41) is 0. The largest absolute Gasteiger partial charge is 0.368 e. The second kappa shape index (κ2) is 12.9. The standard InChI is InChI=1S/C15H32N2O/c1-2-3-4-5-6-7-8-9-10-11-12-13-14(16)15(17)18/h14H,2-13,16H2,1H3,(H2,17,18). The Bertz CT molecular complexity index is 195. The molecule has 0 aliphatic carbocycles. The fourth-order valence-corrected chi connectivity index (χ4v) is 2.17. The van der Waals surface area contributed by atoms with Gasteiger partial charge in [-0.25, -0.2) is 0 Å². The Morgan fingerprint density at radius 2 is 1.22 bits per heavy atom. The third kappa shape index (κ3) is 11.9. The molecule has 0 aromatic carbocycles. The van der Waals surface area contributed by atoms with Crippen LogP contribution < -0.4 is 11.5 Å². The smallest absolute Gasteiger partial charge is 0.234 e. The topological polar surface area (TPSA) is 69.1 Å². The number of primary amides is 1. The van der Waals surface area contributed by atoms with Gasteiger partial charge in [0.1, 0.15) is 0 Å². The molecule has 0 heterocycles. The Kier molecular flexibility index (Phi) is 12.5. The minimum Gasteiger partial charge on any atom is -0.368 e. The van der Waals surface area contributed by atoms with Crippen LogP contribution in [0.25, 0.3) is 0 Å². The quantitative estimate of drug-likeness (QED) is 0.495. The predicted molar refractivity (Wildman–Crippen MR) is 78.2 cm³/mol. The van der Waals surface area contributed by atoms with Crippen molar-refractivity contribution in [3.05, 3.63) is 0 Å². The van der Waals surface area contributed by atoms with Gasteiger partial charge >= 0.3 is 0 Å². The van der Waals surface area contributed by atoms with Crippen LogP contribution >= 0.6 is 0 Å². The highest BCUT2D eigenvalue weighted by Crippen LogP contribution is 2.12. The number of carbonyl (C=O) groups excluding carboxylic acids is 1. The number of rotatable bonds is 13. The highest BCUT2D eigenvalue weighted by atomic mass is 16.1. The molecule has 0 saturated heterocycles. The summed E-state index contributed by atoms with van der Waals surface area (Å²) in [6, 6.07) is -0.441. The molecule has 108 valence electrons. The Morgan fingerprint density at radius 3 is 1.61 bits per heavy atom. The maximum Gasteiger partial charge on any atom is 0.234 e. The summed E-state index contributed by atoms with van der Waals surface area (Å²) in [5.41, 5.74) is 10.7. The van der Waals surface area contributed by atoms with E-state index >= 15 is 0 Å². The van der Waals surface area contributed by atoms with Crippen LogP contribution in [0.4, 0.5) is 0 Å². The van der Waals surface area contributed by atoms with Crippen molar-refractivity contribution in [2.75, 3.05) is 0 Å². The summed E-state index contributed by atoms with van der Waals surface area (Å²) in [7, 11) is 0. The molecule has 3 heteroatoms. The molecular weight excluding hydrogens is 224 g/mol. The van der Waals surface area contributed by atoms with E-state index in [0.29, 0.717) is 0 Å². The van der Waals surface area contributed by atoms with Gasteiger partial charge < -0.3 is 11.5 Å². The Balaban J connectivity index is 3.05. The van der Waals surface area contributed by atoms with Crippen molar-refractivity contribution in [1.29, 1.82) is 0 Å². The van der Waals surface area contributed by atoms with Crippen LogP contribution in [0.15, 0.2) is 0 Å². The normalized spacial score (nSPS) is 12.6. The van der Waals surface area contributed by atoms with Gasteiger partial charge in [-0.15, -0.1) is 0 Å². The van der Waals surface area contributed by atoms with E-state index in [2.05, 4.69) is 6.92 Å². The molecule has 18 heavy (non-hydrogen) atoms. The molecule has 1 atom stereocenters. The molecule has 4 N–H and O–H groups in total. The van der Waals surface area contributed by atoms with Crippen molar-refractivity contribution in [1.82, 2.24) is 0 Å². The third-order valence-corrected chi connectivity index (χ3v) is 3.48. The van der Waals surface area contributed by atoms with Gasteiger partial charge in [-0.3, -0.25) is 4.79 Å². The molecule has 0 aliphatic rings. The van der Waals surface area contributed by atoms with E-state index in [4.69, 9.17) is 11.5 Å². The van der Waals surface area contributed by atoms with E-state index in [0.717, 1.165) is 12.8 Å². The van der Waals surface area contributed by atoms with E-state index in [9.17, 15) is 4.79 Å². The number of hydrogen-bond donors (Lipinski definition) is 2. The summed E-state index contributed by atoms with van der Waals surface area (Å²) in [6.45, 7) is 2.25. The molecule has 0 aliphatic heterocycles. The summed E-state index contributed by atoms with van der Waals surface area (Å²) >= 11 is 0. The first-order valence-corrected chi connectivity index (χ1v) is 7.73. The van der Waals surface area contributed by atoms with Crippen LogP contribution in [-0.2, 0) is 4.79 Å². The first-order chi connectivity index (χ1) is 8.68. The first kappa shape index (κ1) is 17.4. The van der Waals surface area contributed by atoms with E-state index in [1.165, 1.54) is 64.2 Å². The lowest BCUT2D eigenvalue weighted by Gasteiger charge is -2.06. The predicted octanol–water partition coefficient (Wildman–Crippen LogP) is 3.50. The van der Waals surface area contributed by atoms with Crippen molar-refractivity contribution < 1.29 is 4.79 Å².